The zero-order chi connectivity index (χ0) is 18.6. The lowest BCUT2D eigenvalue weighted by Crippen LogP contribution is -2.33. The fourth-order valence-corrected chi connectivity index (χ4v) is 3.68. The Morgan fingerprint density at radius 3 is 2.93 bits per heavy atom. The van der Waals surface area contributed by atoms with E-state index in [-0.39, 0.29) is 11.6 Å². The largest absolute Gasteiger partial charge is 0.478 e. The molecule has 0 aliphatic carbocycles. The third-order valence-electron chi connectivity index (χ3n) is 4.96. The standard InChI is InChI=1S/C20H21N5O2/c26-20(27)16-5-1-2-6-18(16)25-13-15(11-23-25)12-24-10-4-3-7-19(24)17-8-9-21-14-22-17/h1-2,5-6,8-9,11,13-14,19H,3-4,7,10,12H2,(H,26,27)/t19-/m0/s1. The minimum absolute atomic E-state index is 0.240. The first-order valence-corrected chi connectivity index (χ1v) is 9.08. The molecule has 138 valence electrons. The van der Waals surface area contributed by atoms with E-state index >= 15 is 0 Å². The summed E-state index contributed by atoms with van der Waals surface area (Å²) >= 11 is 0. The average molecular weight is 363 g/mol. The number of likely N-dealkylation sites (tertiary alicyclic amines) is 1. The zero-order valence-electron chi connectivity index (χ0n) is 14.9. The van der Waals surface area contributed by atoms with E-state index in [2.05, 4.69) is 20.0 Å². The van der Waals surface area contributed by atoms with Gasteiger partial charge in [-0.25, -0.2) is 19.4 Å². The Hall–Kier alpha value is -3.06. The summed E-state index contributed by atoms with van der Waals surface area (Å²) in [5.74, 6) is -0.956. The fourth-order valence-electron chi connectivity index (χ4n) is 3.68. The second-order valence-corrected chi connectivity index (χ2v) is 6.73. The minimum atomic E-state index is -0.956. The fraction of sp³-hybridized carbons (Fsp3) is 0.300. The number of carboxylic acid groups (broad SMARTS) is 1. The molecule has 1 aliphatic rings. The van der Waals surface area contributed by atoms with E-state index in [1.54, 1.807) is 35.4 Å². The van der Waals surface area contributed by atoms with E-state index < -0.39 is 5.97 Å². The van der Waals surface area contributed by atoms with Crippen LogP contribution in [0.25, 0.3) is 5.69 Å². The number of aromatic carboxylic acids is 1. The molecule has 0 amide bonds. The summed E-state index contributed by atoms with van der Waals surface area (Å²) in [7, 11) is 0. The van der Waals surface area contributed by atoms with Gasteiger partial charge in [0.05, 0.1) is 29.2 Å². The van der Waals surface area contributed by atoms with Crippen molar-refractivity contribution < 1.29 is 9.90 Å². The van der Waals surface area contributed by atoms with Gasteiger partial charge in [-0.05, 0) is 37.6 Å². The monoisotopic (exact) mass is 363 g/mol. The summed E-state index contributed by atoms with van der Waals surface area (Å²) in [6.07, 6.45) is 10.5. The van der Waals surface area contributed by atoms with Crippen LogP contribution in [0.15, 0.2) is 55.2 Å². The first kappa shape index (κ1) is 17.4. The normalized spacial score (nSPS) is 17.7. The summed E-state index contributed by atoms with van der Waals surface area (Å²) in [5.41, 5.74) is 2.91. The van der Waals surface area contributed by atoms with Gasteiger partial charge in [0.15, 0.2) is 0 Å². The van der Waals surface area contributed by atoms with Gasteiger partial charge >= 0.3 is 5.97 Å². The average Bonchev–Trinajstić information content (AvgIpc) is 3.17. The van der Waals surface area contributed by atoms with Crippen LogP contribution in [0.3, 0.4) is 0 Å². The zero-order valence-corrected chi connectivity index (χ0v) is 14.9. The topological polar surface area (TPSA) is 84.1 Å². The molecule has 0 spiro atoms. The van der Waals surface area contributed by atoms with Crippen molar-refractivity contribution in [3.8, 4) is 5.69 Å². The van der Waals surface area contributed by atoms with Gasteiger partial charge in [-0.1, -0.05) is 18.6 Å². The maximum Gasteiger partial charge on any atom is 0.337 e. The molecule has 7 heteroatoms. The van der Waals surface area contributed by atoms with Crippen LogP contribution in [-0.2, 0) is 6.54 Å². The number of hydrogen-bond donors (Lipinski definition) is 1. The summed E-state index contributed by atoms with van der Waals surface area (Å²) in [4.78, 5) is 22.3. The Labute approximate surface area is 157 Å². The molecule has 0 bridgehead atoms. The van der Waals surface area contributed by atoms with E-state index in [4.69, 9.17) is 0 Å². The molecule has 2 aromatic heterocycles. The van der Waals surface area contributed by atoms with Crippen LogP contribution in [0.2, 0.25) is 0 Å². The molecule has 1 saturated heterocycles. The number of carboxylic acids is 1. The second-order valence-electron chi connectivity index (χ2n) is 6.73. The van der Waals surface area contributed by atoms with Gasteiger partial charge < -0.3 is 5.11 Å². The van der Waals surface area contributed by atoms with Crippen molar-refractivity contribution in [1.82, 2.24) is 24.6 Å². The molecule has 1 aliphatic heterocycles. The quantitative estimate of drug-likeness (QED) is 0.750. The van der Waals surface area contributed by atoms with Crippen molar-refractivity contribution in [3.05, 3.63) is 72.1 Å². The molecule has 1 aromatic carbocycles. The number of carbonyl (C=O) groups is 1. The van der Waals surface area contributed by atoms with Crippen LogP contribution >= 0.6 is 0 Å². The van der Waals surface area contributed by atoms with Gasteiger partial charge in [-0.3, -0.25) is 4.90 Å². The Morgan fingerprint density at radius 2 is 2.11 bits per heavy atom. The van der Waals surface area contributed by atoms with Crippen LogP contribution in [0.1, 0.15) is 46.9 Å². The van der Waals surface area contributed by atoms with Gasteiger partial charge in [0.1, 0.15) is 6.33 Å². The van der Waals surface area contributed by atoms with Crippen molar-refractivity contribution in [2.45, 2.75) is 31.8 Å². The Kier molecular flexibility index (Phi) is 4.93. The molecule has 3 aromatic rings. The van der Waals surface area contributed by atoms with Crippen molar-refractivity contribution in [1.29, 1.82) is 0 Å². The number of rotatable bonds is 5. The molecule has 1 fully saturated rings. The highest BCUT2D eigenvalue weighted by atomic mass is 16.4. The summed E-state index contributed by atoms with van der Waals surface area (Å²) in [6.45, 7) is 1.76. The molecule has 1 N–H and O–H groups in total. The van der Waals surface area contributed by atoms with E-state index in [0.717, 1.165) is 37.2 Å². The first-order chi connectivity index (χ1) is 13.2. The minimum Gasteiger partial charge on any atom is -0.478 e. The summed E-state index contributed by atoms with van der Waals surface area (Å²) in [5, 5.41) is 13.8. The van der Waals surface area contributed by atoms with E-state index in [1.165, 1.54) is 6.42 Å². The molecule has 7 nitrogen and oxygen atoms in total. The van der Waals surface area contributed by atoms with Crippen molar-refractivity contribution in [2.75, 3.05) is 6.54 Å². The van der Waals surface area contributed by atoms with Crippen molar-refractivity contribution >= 4 is 5.97 Å². The maximum absolute atomic E-state index is 11.5. The van der Waals surface area contributed by atoms with Gasteiger partial charge in [0, 0.05) is 24.5 Å². The van der Waals surface area contributed by atoms with E-state index in [1.807, 2.05) is 24.5 Å². The van der Waals surface area contributed by atoms with Crippen molar-refractivity contribution in [3.63, 3.8) is 0 Å². The second kappa shape index (κ2) is 7.67. The molecule has 0 unspecified atom stereocenters. The number of aromatic nitrogens is 4. The lowest BCUT2D eigenvalue weighted by molar-refractivity contribution is 0.0696. The highest BCUT2D eigenvalue weighted by Crippen LogP contribution is 2.30. The van der Waals surface area contributed by atoms with Gasteiger partial charge in [-0.2, -0.15) is 5.10 Å². The van der Waals surface area contributed by atoms with E-state index in [0.29, 0.717) is 5.69 Å². The highest BCUT2D eigenvalue weighted by molar-refractivity contribution is 5.91. The van der Waals surface area contributed by atoms with Gasteiger partial charge in [0.25, 0.3) is 0 Å². The van der Waals surface area contributed by atoms with Crippen LogP contribution in [-0.4, -0.2) is 42.3 Å². The Bertz CT molecular complexity index is 925. The smallest absolute Gasteiger partial charge is 0.337 e. The molecular formula is C20H21N5O2. The molecule has 27 heavy (non-hydrogen) atoms. The Balaban J connectivity index is 1.56. The molecule has 4 rings (SSSR count). The van der Waals surface area contributed by atoms with Crippen LogP contribution < -0.4 is 0 Å². The molecule has 3 heterocycles. The molecule has 0 radical (unpaired) electrons. The number of piperidine rings is 1. The van der Waals surface area contributed by atoms with Crippen LogP contribution in [0.5, 0.6) is 0 Å². The SMILES string of the molecule is O=C(O)c1ccccc1-n1cc(CN2CCCC[C@H]2c2ccncn2)cn1. The number of para-hydroxylation sites is 1. The molecule has 0 saturated carbocycles. The van der Waals surface area contributed by atoms with Gasteiger partial charge in [-0.15, -0.1) is 0 Å². The lowest BCUT2D eigenvalue weighted by atomic mass is 9.98. The number of benzene rings is 1. The van der Waals surface area contributed by atoms with Crippen molar-refractivity contribution in [2.24, 2.45) is 0 Å². The van der Waals surface area contributed by atoms with Crippen LogP contribution in [0.4, 0.5) is 0 Å². The maximum atomic E-state index is 11.5. The lowest BCUT2D eigenvalue weighted by Gasteiger charge is -2.34. The number of nitrogens with zero attached hydrogens (tertiary/aromatic N) is 5. The third-order valence-corrected chi connectivity index (χ3v) is 4.96. The predicted octanol–water partition coefficient (Wildman–Crippen LogP) is 3.09. The predicted molar refractivity (Wildman–Crippen MR) is 99.6 cm³/mol. The Morgan fingerprint density at radius 1 is 1.22 bits per heavy atom. The third kappa shape index (κ3) is 3.73. The molecule has 1 atom stereocenters. The molecular weight excluding hydrogens is 342 g/mol. The summed E-state index contributed by atoms with van der Waals surface area (Å²) in [6, 6.07) is 9.15. The van der Waals surface area contributed by atoms with E-state index in [9.17, 15) is 9.90 Å². The first-order valence-electron chi connectivity index (χ1n) is 9.08. The van der Waals surface area contributed by atoms with Gasteiger partial charge in [0.2, 0.25) is 0 Å². The van der Waals surface area contributed by atoms with Crippen LogP contribution in [0, 0.1) is 0 Å². The summed E-state index contributed by atoms with van der Waals surface area (Å²) < 4.78 is 1.64. The number of hydrogen-bond acceptors (Lipinski definition) is 5. The highest BCUT2D eigenvalue weighted by Gasteiger charge is 2.25.